The van der Waals surface area contributed by atoms with Crippen LogP contribution in [0.25, 0.3) is 0 Å². The Balaban J connectivity index is 2.90. The average Bonchev–Trinajstić information content (AvgIpc) is 2.18. The summed E-state index contributed by atoms with van der Waals surface area (Å²) in [5.41, 5.74) is 5.79. The molecule has 0 aromatic heterocycles. The standard InChI is InChI=1S/C11H18N2/c1-4-7-10-8-5-6-9-11(10)13(3)12-2/h5-6,8-9,12H,4,7H2,1-3H3. The van der Waals surface area contributed by atoms with Gasteiger partial charge in [0, 0.05) is 14.1 Å². The van der Waals surface area contributed by atoms with Crippen molar-refractivity contribution in [2.45, 2.75) is 19.8 Å². The van der Waals surface area contributed by atoms with Crippen molar-refractivity contribution in [2.75, 3.05) is 19.1 Å². The Labute approximate surface area is 80.5 Å². The lowest BCUT2D eigenvalue weighted by molar-refractivity contribution is 0.779. The van der Waals surface area contributed by atoms with Crippen LogP contribution in [0, 0.1) is 0 Å². The number of rotatable bonds is 4. The first-order chi connectivity index (χ1) is 6.29. The maximum Gasteiger partial charge on any atom is 0.0548 e. The first-order valence-corrected chi connectivity index (χ1v) is 4.78. The average molecular weight is 178 g/mol. The molecule has 0 atom stereocenters. The molecule has 0 saturated heterocycles. The zero-order valence-electron chi connectivity index (χ0n) is 8.67. The van der Waals surface area contributed by atoms with Crippen molar-refractivity contribution in [3.05, 3.63) is 29.8 Å². The smallest absolute Gasteiger partial charge is 0.0548 e. The van der Waals surface area contributed by atoms with E-state index >= 15 is 0 Å². The number of hydrogen-bond acceptors (Lipinski definition) is 2. The minimum Gasteiger partial charge on any atom is -0.311 e. The van der Waals surface area contributed by atoms with Gasteiger partial charge in [-0.1, -0.05) is 31.5 Å². The quantitative estimate of drug-likeness (QED) is 0.711. The molecule has 0 saturated carbocycles. The maximum atomic E-state index is 3.11. The number of para-hydroxylation sites is 1. The molecule has 0 fully saturated rings. The van der Waals surface area contributed by atoms with Gasteiger partial charge in [-0.2, -0.15) is 0 Å². The molecule has 0 heterocycles. The number of nitrogens with zero attached hydrogens (tertiary/aromatic N) is 1. The van der Waals surface area contributed by atoms with Crippen LogP contribution in [-0.4, -0.2) is 14.1 Å². The summed E-state index contributed by atoms with van der Waals surface area (Å²) >= 11 is 0. The first-order valence-electron chi connectivity index (χ1n) is 4.78. The minimum atomic E-state index is 1.14. The highest BCUT2D eigenvalue weighted by Crippen LogP contribution is 2.18. The third-order valence-corrected chi connectivity index (χ3v) is 2.21. The molecule has 1 N–H and O–H groups in total. The second kappa shape index (κ2) is 4.87. The van der Waals surface area contributed by atoms with Crippen molar-refractivity contribution >= 4 is 5.69 Å². The van der Waals surface area contributed by atoms with Gasteiger partial charge < -0.3 is 5.01 Å². The monoisotopic (exact) mass is 178 g/mol. The van der Waals surface area contributed by atoms with Crippen molar-refractivity contribution in [3.8, 4) is 0 Å². The Kier molecular flexibility index (Phi) is 3.77. The van der Waals surface area contributed by atoms with Gasteiger partial charge in [0.05, 0.1) is 5.69 Å². The van der Waals surface area contributed by atoms with Crippen molar-refractivity contribution in [1.29, 1.82) is 0 Å². The van der Waals surface area contributed by atoms with E-state index in [0.29, 0.717) is 0 Å². The number of hydrazine groups is 1. The van der Waals surface area contributed by atoms with Gasteiger partial charge in [-0.15, -0.1) is 0 Å². The molecule has 13 heavy (non-hydrogen) atoms. The molecule has 2 heteroatoms. The van der Waals surface area contributed by atoms with Gasteiger partial charge in [0.25, 0.3) is 0 Å². The molecule has 0 aliphatic rings. The molecule has 1 aromatic carbocycles. The van der Waals surface area contributed by atoms with Crippen LogP contribution in [0.1, 0.15) is 18.9 Å². The Bertz CT molecular complexity index is 258. The Morgan fingerprint density at radius 1 is 1.31 bits per heavy atom. The molecule has 0 bridgehead atoms. The molecular formula is C11H18N2. The van der Waals surface area contributed by atoms with Crippen LogP contribution < -0.4 is 10.4 Å². The van der Waals surface area contributed by atoms with Crippen LogP contribution in [0.5, 0.6) is 0 Å². The summed E-state index contributed by atoms with van der Waals surface area (Å²) in [6, 6.07) is 8.49. The van der Waals surface area contributed by atoms with E-state index in [-0.39, 0.29) is 0 Å². The van der Waals surface area contributed by atoms with E-state index < -0.39 is 0 Å². The van der Waals surface area contributed by atoms with E-state index in [2.05, 4.69) is 36.6 Å². The Morgan fingerprint density at radius 3 is 2.62 bits per heavy atom. The summed E-state index contributed by atoms with van der Waals surface area (Å²) in [4.78, 5) is 0. The highest BCUT2D eigenvalue weighted by molar-refractivity contribution is 5.52. The molecule has 0 radical (unpaired) electrons. The lowest BCUT2D eigenvalue weighted by atomic mass is 10.1. The van der Waals surface area contributed by atoms with Gasteiger partial charge in [0.2, 0.25) is 0 Å². The molecule has 72 valence electrons. The van der Waals surface area contributed by atoms with E-state index in [1.54, 1.807) is 0 Å². The molecule has 0 aliphatic carbocycles. The fourth-order valence-corrected chi connectivity index (χ4v) is 1.44. The van der Waals surface area contributed by atoms with Gasteiger partial charge in [-0.25, -0.2) is 5.43 Å². The SMILES string of the molecule is CCCc1ccccc1N(C)NC. The number of aryl methyl sites for hydroxylation is 1. The molecular weight excluding hydrogens is 160 g/mol. The van der Waals surface area contributed by atoms with Crippen LogP contribution >= 0.6 is 0 Å². The maximum absolute atomic E-state index is 3.11. The molecule has 0 unspecified atom stereocenters. The second-order valence-electron chi connectivity index (χ2n) is 3.16. The third kappa shape index (κ3) is 2.46. The highest BCUT2D eigenvalue weighted by atomic mass is 15.5. The van der Waals surface area contributed by atoms with Gasteiger partial charge >= 0.3 is 0 Å². The van der Waals surface area contributed by atoms with Crippen molar-refractivity contribution in [1.82, 2.24) is 5.43 Å². The topological polar surface area (TPSA) is 15.3 Å². The predicted octanol–water partition coefficient (Wildman–Crippen LogP) is 2.21. The second-order valence-corrected chi connectivity index (χ2v) is 3.16. The molecule has 2 nitrogen and oxygen atoms in total. The summed E-state index contributed by atoms with van der Waals surface area (Å²) in [6.45, 7) is 2.20. The van der Waals surface area contributed by atoms with E-state index in [0.717, 1.165) is 6.42 Å². The summed E-state index contributed by atoms with van der Waals surface area (Å²) in [5.74, 6) is 0. The lowest BCUT2D eigenvalue weighted by Crippen LogP contribution is -2.31. The predicted molar refractivity (Wildman–Crippen MR) is 57.9 cm³/mol. The molecule has 0 amide bonds. The fourth-order valence-electron chi connectivity index (χ4n) is 1.44. The molecule has 0 aliphatic heterocycles. The summed E-state index contributed by atoms with van der Waals surface area (Å²) < 4.78 is 0. The minimum absolute atomic E-state index is 1.14. The number of anilines is 1. The van der Waals surface area contributed by atoms with E-state index in [1.807, 2.05) is 19.1 Å². The molecule has 1 aromatic rings. The van der Waals surface area contributed by atoms with Crippen molar-refractivity contribution in [2.24, 2.45) is 0 Å². The van der Waals surface area contributed by atoms with E-state index in [9.17, 15) is 0 Å². The zero-order chi connectivity index (χ0) is 9.68. The van der Waals surface area contributed by atoms with Crippen LogP contribution in [0.3, 0.4) is 0 Å². The molecule has 1 rings (SSSR count). The van der Waals surface area contributed by atoms with Crippen molar-refractivity contribution in [3.63, 3.8) is 0 Å². The first kappa shape index (κ1) is 10.1. The normalized spacial score (nSPS) is 10.1. The van der Waals surface area contributed by atoms with Gasteiger partial charge in [0.15, 0.2) is 0 Å². The lowest BCUT2D eigenvalue weighted by Gasteiger charge is -2.20. The van der Waals surface area contributed by atoms with Crippen molar-refractivity contribution < 1.29 is 0 Å². The summed E-state index contributed by atoms with van der Waals surface area (Å²) in [5, 5.41) is 2.05. The van der Waals surface area contributed by atoms with E-state index in [1.165, 1.54) is 17.7 Å². The van der Waals surface area contributed by atoms with Crippen LogP contribution in [0.4, 0.5) is 5.69 Å². The number of hydrogen-bond donors (Lipinski definition) is 1. The van der Waals surface area contributed by atoms with Crippen LogP contribution in [-0.2, 0) is 6.42 Å². The molecule has 0 spiro atoms. The van der Waals surface area contributed by atoms with Crippen LogP contribution in [0.2, 0.25) is 0 Å². The third-order valence-electron chi connectivity index (χ3n) is 2.21. The largest absolute Gasteiger partial charge is 0.311 e. The summed E-state index contributed by atoms with van der Waals surface area (Å²) in [6.07, 6.45) is 2.33. The Morgan fingerprint density at radius 2 is 2.00 bits per heavy atom. The zero-order valence-corrected chi connectivity index (χ0v) is 8.67. The van der Waals surface area contributed by atoms with Crippen LogP contribution in [0.15, 0.2) is 24.3 Å². The van der Waals surface area contributed by atoms with Gasteiger partial charge in [-0.3, -0.25) is 0 Å². The fraction of sp³-hybridized carbons (Fsp3) is 0.455. The van der Waals surface area contributed by atoms with E-state index in [4.69, 9.17) is 0 Å². The van der Waals surface area contributed by atoms with Gasteiger partial charge in [-0.05, 0) is 18.1 Å². The summed E-state index contributed by atoms with van der Waals surface area (Å²) in [7, 11) is 3.97. The van der Waals surface area contributed by atoms with Gasteiger partial charge in [0.1, 0.15) is 0 Å². The Hall–Kier alpha value is -1.02. The number of benzene rings is 1. The highest BCUT2D eigenvalue weighted by Gasteiger charge is 2.03. The number of nitrogens with one attached hydrogen (secondary N) is 1.